The zero-order chi connectivity index (χ0) is 14.7. The van der Waals surface area contributed by atoms with Gasteiger partial charge in [-0.15, -0.1) is 0 Å². The molecule has 0 bridgehead atoms. The van der Waals surface area contributed by atoms with Gasteiger partial charge in [0.15, 0.2) is 0 Å². The average molecular weight is 337 g/mol. The first-order chi connectivity index (χ1) is 9.51. The van der Waals surface area contributed by atoms with Gasteiger partial charge in [0.1, 0.15) is 0 Å². The zero-order valence-electron chi connectivity index (χ0n) is 12.1. The van der Waals surface area contributed by atoms with E-state index in [0.29, 0.717) is 6.04 Å². The fourth-order valence-electron chi connectivity index (χ4n) is 2.23. The molecule has 0 radical (unpaired) electrons. The number of rotatable bonds is 5. The molecular weight excluding hydrogens is 316 g/mol. The predicted octanol–water partition coefficient (Wildman–Crippen LogP) is 3.28. The van der Waals surface area contributed by atoms with E-state index in [1.807, 2.05) is 16.9 Å². The second-order valence-corrected chi connectivity index (χ2v) is 6.22. The van der Waals surface area contributed by atoms with Crippen LogP contribution >= 0.6 is 15.9 Å². The average Bonchev–Trinajstić information content (AvgIpc) is 2.88. The molecule has 0 aliphatic heterocycles. The summed E-state index contributed by atoms with van der Waals surface area (Å²) in [6.45, 7) is 6.33. The Kier molecular flexibility index (Phi) is 4.96. The first-order valence-electron chi connectivity index (χ1n) is 6.77. The van der Waals surface area contributed by atoms with Gasteiger partial charge in [-0.05, 0) is 50.1 Å². The second-order valence-electron chi connectivity index (χ2n) is 5.31. The van der Waals surface area contributed by atoms with Crippen molar-refractivity contribution < 1.29 is 0 Å². The van der Waals surface area contributed by atoms with E-state index in [9.17, 15) is 0 Å². The van der Waals surface area contributed by atoms with Gasteiger partial charge in [-0.3, -0.25) is 16.0 Å². The Bertz CT molecular complexity index is 577. The molecule has 0 saturated carbocycles. The molecule has 0 aliphatic carbocycles. The van der Waals surface area contributed by atoms with Gasteiger partial charge in [-0.1, -0.05) is 22.0 Å². The van der Waals surface area contributed by atoms with Gasteiger partial charge in [0.25, 0.3) is 0 Å². The highest BCUT2D eigenvalue weighted by atomic mass is 79.9. The highest BCUT2D eigenvalue weighted by Crippen LogP contribution is 2.24. The predicted molar refractivity (Wildman–Crippen MR) is 85.3 cm³/mol. The maximum Gasteiger partial charge on any atom is 0.0644 e. The maximum atomic E-state index is 5.74. The summed E-state index contributed by atoms with van der Waals surface area (Å²) in [5.74, 6) is 5.74. The van der Waals surface area contributed by atoms with Gasteiger partial charge in [0.05, 0.1) is 11.7 Å². The number of aromatic nitrogens is 2. The Morgan fingerprint density at radius 3 is 2.70 bits per heavy atom. The molecule has 0 fully saturated rings. The fraction of sp³-hybridized carbons (Fsp3) is 0.400. The Hall–Kier alpha value is -1.17. The van der Waals surface area contributed by atoms with E-state index in [4.69, 9.17) is 5.84 Å². The SMILES string of the molecule is Cc1ccc(Br)cc1C(Cc1ccn(C(C)C)n1)NN. The molecule has 2 aromatic rings. The van der Waals surface area contributed by atoms with E-state index in [2.05, 4.69) is 65.4 Å². The molecule has 20 heavy (non-hydrogen) atoms. The van der Waals surface area contributed by atoms with Crippen LogP contribution in [-0.4, -0.2) is 9.78 Å². The molecule has 1 aromatic heterocycles. The summed E-state index contributed by atoms with van der Waals surface area (Å²) >= 11 is 3.51. The number of nitrogens with two attached hydrogens (primary N) is 1. The molecule has 0 amide bonds. The summed E-state index contributed by atoms with van der Waals surface area (Å²) in [5, 5.41) is 4.58. The van der Waals surface area contributed by atoms with E-state index in [-0.39, 0.29) is 6.04 Å². The van der Waals surface area contributed by atoms with Crippen molar-refractivity contribution >= 4 is 15.9 Å². The largest absolute Gasteiger partial charge is 0.271 e. The lowest BCUT2D eigenvalue weighted by Crippen LogP contribution is -2.30. The Labute approximate surface area is 128 Å². The molecule has 108 valence electrons. The number of hydrogen-bond donors (Lipinski definition) is 2. The van der Waals surface area contributed by atoms with Crippen LogP contribution in [0.15, 0.2) is 34.9 Å². The lowest BCUT2D eigenvalue weighted by molar-refractivity contribution is 0.506. The summed E-state index contributed by atoms with van der Waals surface area (Å²) in [4.78, 5) is 0. The van der Waals surface area contributed by atoms with Crippen LogP contribution in [0.25, 0.3) is 0 Å². The third-order valence-electron chi connectivity index (χ3n) is 3.42. The van der Waals surface area contributed by atoms with Crippen molar-refractivity contribution in [3.63, 3.8) is 0 Å². The van der Waals surface area contributed by atoms with Crippen LogP contribution in [0, 0.1) is 6.92 Å². The minimum atomic E-state index is 0.0583. The molecule has 1 atom stereocenters. The van der Waals surface area contributed by atoms with Crippen molar-refractivity contribution in [2.75, 3.05) is 0 Å². The lowest BCUT2D eigenvalue weighted by atomic mass is 9.98. The van der Waals surface area contributed by atoms with Gasteiger partial charge in [0, 0.05) is 23.1 Å². The quantitative estimate of drug-likeness (QED) is 0.650. The van der Waals surface area contributed by atoms with Crippen molar-refractivity contribution in [1.82, 2.24) is 15.2 Å². The van der Waals surface area contributed by atoms with Crippen molar-refractivity contribution in [3.05, 3.63) is 51.8 Å². The van der Waals surface area contributed by atoms with Crippen LogP contribution in [-0.2, 0) is 6.42 Å². The third kappa shape index (κ3) is 3.48. The van der Waals surface area contributed by atoms with Gasteiger partial charge in [0.2, 0.25) is 0 Å². The molecule has 0 saturated heterocycles. The van der Waals surface area contributed by atoms with E-state index < -0.39 is 0 Å². The first-order valence-corrected chi connectivity index (χ1v) is 7.56. The summed E-state index contributed by atoms with van der Waals surface area (Å²) in [6.07, 6.45) is 2.79. The Balaban J connectivity index is 2.21. The first kappa shape index (κ1) is 15.2. The molecule has 1 unspecified atom stereocenters. The zero-order valence-corrected chi connectivity index (χ0v) is 13.7. The maximum absolute atomic E-state index is 5.74. The number of benzene rings is 1. The molecule has 1 heterocycles. The van der Waals surface area contributed by atoms with Crippen LogP contribution in [0.3, 0.4) is 0 Å². The minimum Gasteiger partial charge on any atom is -0.271 e. The van der Waals surface area contributed by atoms with E-state index in [1.165, 1.54) is 11.1 Å². The van der Waals surface area contributed by atoms with Crippen LogP contribution in [0.2, 0.25) is 0 Å². The standard InChI is InChI=1S/C15H21BrN4/c1-10(2)20-7-6-13(19-20)9-15(18-17)14-8-12(16)5-4-11(14)3/h4-8,10,15,18H,9,17H2,1-3H3. The molecule has 0 spiro atoms. The van der Waals surface area contributed by atoms with Crippen LogP contribution < -0.4 is 11.3 Å². The molecule has 1 aromatic carbocycles. The summed E-state index contributed by atoms with van der Waals surface area (Å²) in [6, 6.07) is 8.73. The second kappa shape index (κ2) is 6.52. The Morgan fingerprint density at radius 1 is 1.35 bits per heavy atom. The number of nitrogens with zero attached hydrogens (tertiary/aromatic N) is 2. The smallest absolute Gasteiger partial charge is 0.0644 e. The van der Waals surface area contributed by atoms with Gasteiger partial charge >= 0.3 is 0 Å². The van der Waals surface area contributed by atoms with Crippen molar-refractivity contribution in [2.45, 2.75) is 39.3 Å². The number of halogens is 1. The lowest BCUT2D eigenvalue weighted by Gasteiger charge is -2.18. The number of nitrogens with one attached hydrogen (secondary N) is 1. The Morgan fingerprint density at radius 2 is 2.10 bits per heavy atom. The molecule has 3 N–H and O–H groups in total. The fourth-order valence-corrected chi connectivity index (χ4v) is 2.61. The van der Waals surface area contributed by atoms with Gasteiger partial charge in [-0.2, -0.15) is 5.10 Å². The third-order valence-corrected chi connectivity index (χ3v) is 3.92. The number of hydrogen-bond acceptors (Lipinski definition) is 3. The van der Waals surface area contributed by atoms with Crippen LogP contribution in [0.1, 0.15) is 42.8 Å². The molecule has 5 heteroatoms. The van der Waals surface area contributed by atoms with E-state index >= 15 is 0 Å². The van der Waals surface area contributed by atoms with Crippen molar-refractivity contribution in [3.8, 4) is 0 Å². The van der Waals surface area contributed by atoms with Crippen LogP contribution in [0.4, 0.5) is 0 Å². The van der Waals surface area contributed by atoms with Crippen LogP contribution in [0.5, 0.6) is 0 Å². The number of aryl methyl sites for hydroxylation is 1. The monoisotopic (exact) mass is 336 g/mol. The molecule has 4 nitrogen and oxygen atoms in total. The minimum absolute atomic E-state index is 0.0583. The summed E-state index contributed by atoms with van der Waals surface area (Å²) in [7, 11) is 0. The molecule has 0 aliphatic rings. The summed E-state index contributed by atoms with van der Waals surface area (Å²) in [5.41, 5.74) is 6.36. The number of hydrazine groups is 1. The van der Waals surface area contributed by atoms with Gasteiger partial charge < -0.3 is 0 Å². The van der Waals surface area contributed by atoms with Crippen molar-refractivity contribution in [1.29, 1.82) is 0 Å². The topological polar surface area (TPSA) is 55.9 Å². The molecule has 2 rings (SSSR count). The highest BCUT2D eigenvalue weighted by Gasteiger charge is 2.15. The van der Waals surface area contributed by atoms with E-state index in [1.54, 1.807) is 0 Å². The molecular formula is C15H21BrN4. The van der Waals surface area contributed by atoms with Crippen molar-refractivity contribution in [2.24, 2.45) is 5.84 Å². The normalized spacial score (nSPS) is 12.9. The highest BCUT2D eigenvalue weighted by molar-refractivity contribution is 9.10. The van der Waals surface area contributed by atoms with Gasteiger partial charge in [-0.25, -0.2) is 0 Å². The van der Waals surface area contributed by atoms with E-state index in [0.717, 1.165) is 16.6 Å². The summed E-state index contributed by atoms with van der Waals surface area (Å²) < 4.78 is 3.03.